The van der Waals surface area contributed by atoms with Crippen molar-refractivity contribution in [1.82, 2.24) is 14.7 Å². The summed E-state index contributed by atoms with van der Waals surface area (Å²) in [5.41, 5.74) is 0.538. The summed E-state index contributed by atoms with van der Waals surface area (Å²) >= 11 is 0. The van der Waals surface area contributed by atoms with Gasteiger partial charge in [0.05, 0.1) is 16.4 Å². The molecule has 0 N–H and O–H groups in total. The summed E-state index contributed by atoms with van der Waals surface area (Å²) in [6.45, 7) is 3.02. The first-order valence-corrected chi connectivity index (χ1v) is 10.7. The van der Waals surface area contributed by atoms with Gasteiger partial charge in [-0.1, -0.05) is 12.8 Å². The fraction of sp³-hybridized carbons (Fsp3) is 0.750. The fourth-order valence-corrected chi connectivity index (χ4v) is 5.91. The smallest absolute Gasteiger partial charge is 0.312 e. The zero-order valence-electron chi connectivity index (χ0n) is 15.0. The van der Waals surface area contributed by atoms with Gasteiger partial charge in [-0.15, -0.1) is 0 Å². The Bertz CT molecular complexity index is 826. The number of hydrogen-bond donors (Lipinski definition) is 0. The van der Waals surface area contributed by atoms with Crippen LogP contribution in [0.25, 0.3) is 0 Å². The molecular weight excluding hydrogens is 360 g/mol. The van der Waals surface area contributed by atoms with E-state index in [0.717, 1.165) is 25.7 Å². The molecule has 0 bridgehead atoms. The molecule has 1 aromatic heterocycles. The Morgan fingerprint density at radius 3 is 2.42 bits per heavy atom. The molecule has 2 heterocycles. The number of aromatic nitrogens is 2. The third-order valence-corrected chi connectivity index (χ3v) is 7.17. The van der Waals surface area contributed by atoms with Gasteiger partial charge in [-0.25, -0.2) is 8.42 Å². The molecule has 1 aliphatic carbocycles. The molecule has 2 aliphatic rings. The predicted molar refractivity (Wildman–Crippen MR) is 94.5 cm³/mol. The van der Waals surface area contributed by atoms with Gasteiger partial charge in [-0.2, -0.15) is 5.10 Å². The Morgan fingerprint density at radius 2 is 1.92 bits per heavy atom. The molecule has 1 saturated heterocycles. The highest BCUT2D eigenvalue weighted by atomic mass is 32.2. The molecule has 1 aliphatic heterocycles. The van der Waals surface area contributed by atoms with Crippen LogP contribution >= 0.6 is 0 Å². The van der Waals surface area contributed by atoms with Crippen molar-refractivity contribution in [2.45, 2.75) is 64.6 Å². The molecule has 9 nitrogen and oxygen atoms in total. The Hall–Kier alpha value is -1.97. The summed E-state index contributed by atoms with van der Waals surface area (Å²) in [6, 6.07) is -0.254. The molecule has 0 aromatic carbocycles. The summed E-state index contributed by atoms with van der Waals surface area (Å²) in [4.78, 5) is 25.4. The van der Waals surface area contributed by atoms with Gasteiger partial charge in [0.15, 0.2) is 9.84 Å². The second kappa shape index (κ2) is 6.98. The minimum absolute atomic E-state index is 0.00645. The van der Waals surface area contributed by atoms with Crippen molar-refractivity contribution in [3.8, 4) is 0 Å². The van der Waals surface area contributed by atoms with Gasteiger partial charge in [0.2, 0.25) is 5.91 Å². The number of hydrogen-bond acceptors (Lipinski definition) is 6. The molecule has 0 unspecified atom stereocenters. The molecule has 2 fully saturated rings. The van der Waals surface area contributed by atoms with Crippen LogP contribution in [0.15, 0.2) is 0 Å². The monoisotopic (exact) mass is 384 g/mol. The highest BCUT2D eigenvalue weighted by molar-refractivity contribution is 7.91. The van der Waals surface area contributed by atoms with Gasteiger partial charge in [0.1, 0.15) is 17.9 Å². The lowest BCUT2D eigenvalue weighted by molar-refractivity contribution is -0.386. The lowest BCUT2D eigenvalue weighted by atomic mass is 10.1. The average Bonchev–Trinajstić information content (AvgIpc) is 3.22. The van der Waals surface area contributed by atoms with Gasteiger partial charge < -0.3 is 4.90 Å². The highest BCUT2D eigenvalue weighted by Gasteiger charge is 2.39. The first-order valence-electron chi connectivity index (χ1n) is 8.89. The molecule has 0 radical (unpaired) electrons. The van der Waals surface area contributed by atoms with E-state index >= 15 is 0 Å². The van der Waals surface area contributed by atoms with E-state index < -0.39 is 14.8 Å². The molecular formula is C16H24N4O5S. The maximum Gasteiger partial charge on any atom is 0.312 e. The van der Waals surface area contributed by atoms with Gasteiger partial charge >= 0.3 is 5.69 Å². The fourth-order valence-electron chi connectivity index (χ4n) is 4.20. The Balaban J connectivity index is 1.84. The van der Waals surface area contributed by atoms with Gasteiger partial charge in [0.25, 0.3) is 0 Å². The van der Waals surface area contributed by atoms with Crippen LogP contribution in [0.1, 0.15) is 43.5 Å². The minimum Gasteiger partial charge on any atom is -0.334 e. The first-order chi connectivity index (χ1) is 12.2. The zero-order chi connectivity index (χ0) is 19.1. The van der Waals surface area contributed by atoms with Crippen molar-refractivity contribution in [2.24, 2.45) is 0 Å². The number of carbonyl (C=O) groups is 1. The minimum atomic E-state index is -3.10. The molecule has 0 spiro atoms. The van der Waals surface area contributed by atoms with E-state index in [1.807, 2.05) is 0 Å². The number of nitro groups is 1. The maximum absolute atomic E-state index is 13.0. The van der Waals surface area contributed by atoms with E-state index in [9.17, 15) is 23.3 Å². The van der Waals surface area contributed by atoms with Gasteiger partial charge in [-0.05, 0) is 33.1 Å². The number of carbonyl (C=O) groups excluding carboxylic acids is 1. The van der Waals surface area contributed by atoms with Crippen LogP contribution in [0.4, 0.5) is 5.69 Å². The molecule has 3 rings (SSSR count). The maximum atomic E-state index is 13.0. The second-order valence-electron chi connectivity index (χ2n) is 7.23. The van der Waals surface area contributed by atoms with E-state index in [4.69, 9.17) is 0 Å². The summed E-state index contributed by atoms with van der Waals surface area (Å²) in [7, 11) is -3.10. The molecule has 144 valence electrons. The van der Waals surface area contributed by atoms with E-state index in [1.165, 1.54) is 4.68 Å². The van der Waals surface area contributed by atoms with Crippen molar-refractivity contribution in [2.75, 3.05) is 11.5 Å². The number of rotatable bonds is 5. The second-order valence-corrected chi connectivity index (χ2v) is 9.46. The normalized spacial score (nSPS) is 22.6. The summed E-state index contributed by atoms with van der Waals surface area (Å²) in [5.74, 6) is -0.0917. The predicted octanol–water partition coefficient (Wildman–Crippen LogP) is 1.37. The third-order valence-electron chi connectivity index (χ3n) is 5.42. The first kappa shape index (κ1) is 18.8. The van der Waals surface area contributed by atoms with E-state index in [1.54, 1.807) is 18.7 Å². The van der Waals surface area contributed by atoms with Gasteiger partial charge in [-0.3, -0.25) is 19.6 Å². The SMILES string of the molecule is Cc1nn(CC(=O)N(C2CCCC2)[C@@H]2CCS(=O)(=O)C2)c(C)c1[N+](=O)[O-]. The van der Waals surface area contributed by atoms with Crippen molar-refractivity contribution >= 4 is 21.4 Å². The van der Waals surface area contributed by atoms with E-state index in [0.29, 0.717) is 12.1 Å². The Kier molecular flexibility index (Phi) is 5.05. The Morgan fingerprint density at radius 1 is 1.27 bits per heavy atom. The molecule has 10 heteroatoms. The topological polar surface area (TPSA) is 115 Å². The molecule has 26 heavy (non-hydrogen) atoms. The zero-order valence-corrected chi connectivity index (χ0v) is 15.9. The molecule has 1 atom stereocenters. The number of nitrogens with zero attached hydrogens (tertiary/aromatic N) is 4. The van der Waals surface area contributed by atoms with E-state index in [-0.39, 0.29) is 47.4 Å². The third kappa shape index (κ3) is 3.60. The van der Waals surface area contributed by atoms with Crippen LogP contribution in [-0.4, -0.2) is 57.5 Å². The van der Waals surface area contributed by atoms with Crippen LogP contribution in [0.3, 0.4) is 0 Å². The van der Waals surface area contributed by atoms with Gasteiger partial charge in [0, 0.05) is 12.1 Å². The summed E-state index contributed by atoms with van der Waals surface area (Å²) in [6.07, 6.45) is 4.26. The van der Waals surface area contributed by atoms with Crippen LogP contribution in [0.5, 0.6) is 0 Å². The molecule has 1 amide bonds. The van der Waals surface area contributed by atoms with Crippen molar-refractivity contribution in [1.29, 1.82) is 0 Å². The lowest BCUT2D eigenvalue weighted by Crippen LogP contribution is -2.48. The van der Waals surface area contributed by atoms with Crippen LogP contribution < -0.4 is 0 Å². The molecule has 1 saturated carbocycles. The molecule has 1 aromatic rings. The summed E-state index contributed by atoms with van der Waals surface area (Å²) in [5, 5.41) is 15.3. The number of amides is 1. The van der Waals surface area contributed by atoms with Crippen LogP contribution in [-0.2, 0) is 21.2 Å². The average molecular weight is 384 g/mol. The lowest BCUT2D eigenvalue weighted by Gasteiger charge is -2.34. The largest absolute Gasteiger partial charge is 0.334 e. The number of sulfone groups is 1. The number of aryl methyl sites for hydroxylation is 1. The summed E-state index contributed by atoms with van der Waals surface area (Å²) < 4.78 is 25.1. The van der Waals surface area contributed by atoms with Crippen molar-refractivity contribution in [3.05, 3.63) is 21.5 Å². The Labute approximate surface area is 152 Å². The quantitative estimate of drug-likeness (QED) is 0.559. The van der Waals surface area contributed by atoms with Crippen LogP contribution in [0, 0.1) is 24.0 Å². The highest BCUT2D eigenvalue weighted by Crippen LogP contribution is 2.30. The van der Waals surface area contributed by atoms with Crippen LogP contribution in [0.2, 0.25) is 0 Å². The van der Waals surface area contributed by atoms with Crippen molar-refractivity contribution < 1.29 is 18.1 Å². The van der Waals surface area contributed by atoms with Crippen molar-refractivity contribution in [3.63, 3.8) is 0 Å². The standard InChI is InChI=1S/C16H24N4O5S/c1-11-16(20(22)23)12(2)18(17-11)9-15(21)19(13-5-3-4-6-13)14-7-8-26(24,25)10-14/h13-14H,3-10H2,1-2H3/t14-/m1/s1. The van der Waals surface area contributed by atoms with E-state index in [2.05, 4.69) is 5.10 Å².